The van der Waals surface area contributed by atoms with Gasteiger partial charge in [-0.25, -0.2) is 0 Å². The summed E-state index contributed by atoms with van der Waals surface area (Å²) in [5.41, 5.74) is 1.18. The van der Waals surface area contributed by atoms with E-state index in [4.69, 9.17) is 4.74 Å². The van der Waals surface area contributed by atoms with Crippen LogP contribution in [0.5, 0.6) is 0 Å². The molecule has 1 aliphatic rings. The lowest BCUT2D eigenvalue weighted by Gasteiger charge is -2.29. The van der Waals surface area contributed by atoms with Gasteiger partial charge >= 0.3 is 0 Å². The van der Waals surface area contributed by atoms with Crippen LogP contribution in [0, 0.1) is 0 Å². The highest BCUT2D eigenvalue weighted by atomic mass is 16.5. The molecule has 72 valence electrons. The predicted octanol–water partition coefficient (Wildman–Crippen LogP) is 0.423. The Kier molecular flexibility index (Phi) is 2.33. The third kappa shape index (κ3) is 1.89. The summed E-state index contributed by atoms with van der Waals surface area (Å²) < 4.78 is 7.47. The van der Waals surface area contributed by atoms with Gasteiger partial charge in [0.15, 0.2) is 0 Å². The number of nitrogens with zero attached hydrogens (tertiary/aromatic N) is 3. The highest BCUT2D eigenvalue weighted by molar-refractivity contribution is 5.09. The van der Waals surface area contributed by atoms with E-state index in [1.54, 1.807) is 0 Å². The molecule has 0 aliphatic carbocycles. The van der Waals surface area contributed by atoms with Crippen LogP contribution in [-0.2, 0) is 11.8 Å². The van der Waals surface area contributed by atoms with Crippen molar-refractivity contribution in [2.75, 3.05) is 26.7 Å². The van der Waals surface area contributed by atoms with Gasteiger partial charge in [0.1, 0.15) is 0 Å². The third-order valence-corrected chi connectivity index (χ3v) is 2.37. The van der Waals surface area contributed by atoms with E-state index in [2.05, 4.69) is 17.0 Å². The Labute approximate surface area is 78.1 Å². The van der Waals surface area contributed by atoms with Crippen LogP contribution in [-0.4, -0.2) is 41.4 Å². The molecule has 1 atom stereocenters. The molecule has 4 nitrogen and oxygen atoms in total. The molecule has 1 fully saturated rings. The molecule has 2 rings (SSSR count). The first-order valence-electron chi connectivity index (χ1n) is 4.54. The molecule has 0 radical (unpaired) electrons. The number of morpholine rings is 1. The molecule has 2 heterocycles. The molecule has 0 saturated carbocycles. The lowest BCUT2D eigenvalue weighted by Crippen LogP contribution is -2.35. The monoisotopic (exact) mass is 181 g/mol. The molecule has 0 N–H and O–H groups in total. The maximum absolute atomic E-state index is 5.65. The second-order valence-corrected chi connectivity index (χ2v) is 3.57. The van der Waals surface area contributed by atoms with E-state index in [1.165, 1.54) is 5.56 Å². The van der Waals surface area contributed by atoms with Gasteiger partial charge in [0.05, 0.1) is 18.9 Å². The molecule has 13 heavy (non-hydrogen) atoms. The van der Waals surface area contributed by atoms with E-state index >= 15 is 0 Å². The van der Waals surface area contributed by atoms with Gasteiger partial charge in [-0.15, -0.1) is 0 Å². The van der Waals surface area contributed by atoms with Crippen molar-refractivity contribution in [2.24, 2.45) is 7.05 Å². The summed E-state index contributed by atoms with van der Waals surface area (Å²) in [6.07, 6.45) is 4.10. The lowest BCUT2D eigenvalue weighted by molar-refractivity contribution is -0.0209. The van der Waals surface area contributed by atoms with Crippen LogP contribution in [0.1, 0.15) is 11.7 Å². The van der Waals surface area contributed by atoms with Crippen molar-refractivity contribution < 1.29 is 4.74 Å². The minimum Gasteiger partial charge on any atom is -0.371 e. The zero-order chi connectivity index (χ0) is 9.26. The highest BCUT2D eigenvalue weighted by Gasteiger charge is 2.20. The fourth-order valence-corrected chi connectivity index (χ4v) is 1.59. The van der Waals surface area contributed by atoms with E-state index < -0.39 is 0 Å². The Hall–Kier alpha value is -0.870. The van der Waals surface area contributed by atoms with Gasteiger partial charge in [0.25, 0.3) is 0 Å². The maximum atomic E-state index is 5.65. The standard InChI is InChI=1S/C9H15N3O/c1-11-3-4-13-9(7-11)8-5-10-12(2)6-8/h5-6,9H,3-4,7H2,1-2H3/t9-/m0/s1. The average molecular weight is 181 g/mol. The van der Waals surface area contributed by atoms with Gasteiger partial charge in [-0.2, -0.15) is 5.10 Å². The number of hydrogen-bond acceptors (Lipinski definition) is 3. The average Bonchev–Trinajstić information content (AvgIpc) is 2.52. The number of aryl methyl sites for hydroxylation is 1. The second kappa shape index (κ2) is 3.47. The topological polar surface area (TPSA) is 30.3 Å². The number of hydrogen-bond donors (Lipinski definition) is 0. The molecule has 1 aromatic rings. The van der Waals surface area contributed by atoms with Crippen molar-refractivity contribution in [3.8, 4) is 0 Å². The summed E-state index contributed by atoms with van der Waals surface area (Å²) in [4.78, 5) is 2.28. The summed E-state index contributed by atoms with van der Waals surface area (Å²) in [6.45, 7) is 2.80. The first-order chi connectivity index (χ1) is 6.25. The number of likely N-dealkylation sites (N-methyl/N-ethyl adjacent to an activating group) is 1. The highest BCUT2D eigenvalue weighted by Crippen LogP contribution is 2.20. The summed E-state index contributed by atoms with van der Waals surface area (Å²) in [5, 5.41) is 4.14. The minimum atomic E-state index is 0.201. The Morgan fingerprint density at radius 3 is 3.00 bits per heavy atom. The van der Waals surface area contributed by atoms with E-state index in [0.717, 1.165) is 19.7 Å². The molecular formula is C9H15N3O. The van der Waals surface area contributed by atoms with Gasteiger partial charge in [0.2, 0.25) is 0 Å². The molecule has 4 heteroatoms. The molecule has 0 amide bonds. The second-order valence-electron chi connectivity index (χ2n) is 3.57. The first kappa shape index (κ1) is 8.72. The van der Waals surface area contributed by atoms with Crippen LogP contribution in [0.25, 0.3) is 0 Å². The van der Waals surface area contributed by atoms with Crippen LogP contribution in [0.3, 0.4) is 0 Å². The number of ether oxygens (including phenoxy) is 1. The largest absolute Gasteiger partial charge is 0.371 e. The predicted molar refractivity (Wildman–Crippen MR) is 49.4 cm³/mol. The molecule has 0 unspecified atom stereocenters. The Morgan fingerprint density at radius 1 is 1.54 bits per heavy atom. The Balaban J connectivity index is 2.08. The molecule has 1 aromatic heterocycles. The first-order valence-corrected chi connectivity index (χ1v) is 4.54. The van der Waals surface area contributed by atoms with Crippen molar-refractivity contribution in [1.29, 1.82) is 0 Å². The Bertz CT molecular complexity index is 284. The van der Waals surface area contributed by atoms with Crippen LogP contribution in [0.4, 0.5) is 0 Å². The van der Waals surface area contributed by atoms with E-state index in [-0.39, 0.29) is 6.10 Å². The third-order valence-electron chi connectivity index (χ3n) is 2.37. The van der Waals surface area contributed by atoms with Crippen molar-refractivity contribution >= 4 is 0 Å². The van der Waals surface area contributed by atoms with Gasteiger partial charge < -0.3 is 9.64 Å². The van der Waals surface area contributed by atoms with Crippen molar-refractivity contribution in [3.05, 3.63) is 18.0 Å². The molecule has 0 spiro atoms. The molecular weight excluding hydrogens is 166 g/mol. The summed E-state index contributed by atoms with van der Waals surface area (Å²) in [5.74, 6) is 0. The van der Waals surface area contributed by atoms with Crippen molar-refractivity contribution in [1.82, 2.24) is 14.7 Å². The molecule has 1 aliphatic heterocycles. The molecule has 0 bridgehead atoms. The number of aromatic nitrogens is 2. The van der Waals surface area contributed by atoms with Crippen LogP contribution in [0.15, 0.2) is 12.4 Å². The van der Waals surface area contributed by atoms with E-state index in [0.29, 0.717) is 0 Å². The van der Waals surface area contributed by atoms with Gasteiger partial charge in [0, 0.05) is 31.9 Å². The zero-order valence-electron chi connectivity index (χ0n) is 8.10. The molecule has 0 aromatic carbocycles. The van der Waals surface area contributed by atoms with Crippen molar-refractivity contribution in [2.45, 2.75) is 6.10 Å². The van der Waals surface area contributed by atoms with Gasteiger partial charge in [-0.05, 0) is 7.05 Å². The smallest absolute Gasteiger partial charge is 0.0982 e. The Morgan fingerprint density at radius 2 is 2.38 bits per heavy atom. The lowest BCUT2D eigenvalue weighted by atomic mass is 10.2. The maximum Gasteiger partial charge on any atom is 0.0982 e. The van der Waals surface area contributed by atoms with Crippen LogP contribution < -0.4 is 0 Å². The quantitative estimate of drug-likeness (QED) is 0.629. The number of rotatable bonds is 1. The SMILES string of the molecule is CN1CCO[C@H](c2cnn(C)c2)C1. The van der Waals surface area contributed by atoms with E-state index in [9.17, 15) is 0 Å². The summed E-state index contributed by atoms with van der Waals surface area (Å²) in [7, 11) is 4.04. The zero-order valence-corrected chi connectivity index (χ0v) is 8.10. The van der Waals surface area contributed by atoms with E-state index in [1.807, 2.05) is 24.1 Å². The van der Waals surface area contributed by atoms with Gasteiger partial charge in [-0.1, -0.05) is 0 Å². The summed E-state index contributed by atoms with van der Waals surface area (Å²) >= 11 is 0. The van der Waals surface area contributed by atoms with Crippen LogP contribution in [0.2, 0.25) is 0 Å². The van der Waals surface area contributed by atoms with Gasteiger partial charge in [-0.3, -0.25) is 4.68 Å². The minimum absolute atomic E-state index is 0.201. The molecule has 1 saturated heterocycles. The summed E-state index contributed by atoms with van der Waals surface area (Å²) in [6, 6.07) is 0. The van der Waals surface area contributed by atoms with Crippen molar-refractivity contribution in [3.63, 3.8) is 0 Å². The fraction of sp³-hybridized carbons (Fsp3) is 0.667. The normalized spacial score (nSPS) is 24.9. The fourth-order valence-electron chi connectivity index (χ4n) is 1.59. The van der Waals surface area contributed by atoms with Crippen LogP contribution >= 0.6 is 0 Å².